The molecule has 0 unspecified atom stereocenters. The van der Waals surface area contributed by atoms with Crippen molar-refractivity contribution >= 4 is 22.4 Å². The second kappa shape index (κ2) is 9.87. The summed E-state index contributed by atoms with van der Waals surface area (Å²) >= 11 is 0. The van der Waals surface area contributed by atoms with Crippen molar-refractivity contribution in [2.24, 2.45) is 5.73 Å². The van der Waals surface area contributed by atoms with Gasteiger partial charge in [0.15, 0.2) is 0 Å². The molecule has 1 fully saturated rings. The van der Waals surface area contributed by atoms with Crippen molar-refractivity contribution in [1.29, 1.82) is 0 Å². The molecule has 2 heterocycles. The molecular formula is C24H32N6. The summed E-state index contributed by atoms with van der Waals surface area (Å²) in [5.74, 6) is 0.922. The number of benzene rings is 1. The van der Waals surface area contributed by atoms with Gasteiger partial charge in [0, 0.05) is 41.5 Å². The van der Waals surface area contributed by atoms with Crippen molar-refractivity contribution in [3.8, 4) is 11.3 Å². The minimum atomic E-state index is 0.339. The topological polar surface area (TPSA) is 87.9 Å². The predicted molar refractivity (Wildman–Crippen MR) is 126 cm³/mol. The van der Waals surface area contributed by atoms with Crippen LogP contribution in [0.1, 0.15) is 32.1 Å². The van der Waals surface area contributed by atoms with Gasteiger partial charge in [-0.05, 0) is 76.0 Å². The van der Waals surface area contributed by atoms with E-state index in [4.69, 9.17) is 10.7 Å². The maximum Gasteiger partial charge on any atom is 0.136 e. The Kier molecular flexibility index (Phi) is 6.77. The van der Waals surface area contributed by atoms with Crippen LogP contribution in [0.4, 0.5) is 11.5 Å². The van der Waals surface area contributed by atoms with E-state index in [-0.39, 0.29) is 0 Å². The molecule has 30 heavy (non-hydrogen) atoms. The molecule has 3 aromatic rings. The number of anilines is 2. The lowest BCUT2D eigenvalue weighted by molar-refractivity contribution is 0.411. The van der Waals surface area contributed by atoms with Gasteiger partial charge in [-0.2, -0.15) is 0 Å². The summed E-state index contributed by atoms with van der Waals surface area (Å²) in [5, 5.41) is 11.4. The first-order valence-electron chi connectivity index (χ1n) is 11.0. The van der Waals surface area contributed by atoms with Crippen LogP contribution in [0.5, 0.6) is 0 Å². The molecule has 0 aliphatic heterocycles. The lowest BCUT2D eigenvalue weighted by Gasteiger charge is -2.27. The number of hydrogen-bond acceptors (Lipinski definition) is 6. The van der Waals surface area contributed by atoms with Crippen molar-refractivity contribution in [3.63, 3.8) is 0 Å². The molecule has 6 nitrogen and oxygen atoms in total. The van der Waals surface area contributed by atoms with Crippen molar-refractivity contribution in [2.45, 2.75) is 44.2 Å². The first-order chi connectivity index (χ1) is 14.7. The Balaban J connectivity index is 1.55. The van der Waals surface area contributed by atoms with Gasteiger partial charge in [0.05, 0.1) is 11.2 Å². The van der Waals surface area contributed by atoms with E-state index in [2.05, 4.69) is 57.3 Å². The molecule has 0 atom stereocenters. The molecule has 5 N–H and O–H groups in total. The summed E-state index contributed by atoms with van der Waals surface area (Å²) in [5.41, 5.74) is 10.2. The minimum absolute atomic E-state index is 0.339. The molecule has 1 saturated carbocycles. The fraction of sp³-hybridized carbons (Fsp3) is 0.417. The van der Waals surface area contributed by atoms with Crippen LogP contribution >= 0.6 is 0 Å². The van der Waals surface area contributed by atoms with E-state index >= 15 is 0 Å². The number of rotatable bonds is 8. The van der Waals surface area contributed by atoms with Gasteiger partial charge < -0.3 is 21.7 Å². The Bertz CT molecular complexity index is 948. The highest BCUT2D eigenvalue weighted by Gasteiger charge is 2.20. The summed E-state index contributed by atoms with van der Waals surface area (Å²) in [4.78, 5) is 9.58. The van der Waals surface area contributed by atoms with E-state index in [1.54, 1.807) is 0 Å². The number of nitrogens with two attached hydrogens (primary N) is 1. The van der Waals surface area contributed by atoms with Crippen LogP contribution in [0.15, 0.2) is 48.7 Å². The van der Waals surface area contributed by atoms with E-state index < -0.39 is 0 Å². The summed E-state index contributed by atoms with van der Waals surface area (Å²) in [6.07, 6.45) is 7.24. The van der Waals surface area contributed by atoms with Crippen LogP contribution in [0.3, 0.4) is 0 Å². The summed E-state index contributed by atoms with van der Waals surface area (Å²) in [6.45, 7) is 1.97. The van der Waals surface area contributed by atoms with Gasteiger partial charge in [-0.25, -0.2) is 4.98 Å². The molecule has 4 rings (SSSR count). The van der Waals surface area contributed by atoms with E-state index in [1.165, 1.54) is 0 Å². The van der Waals surface area contributed by atoms with Crippen LogP contribution in [0.25, 0.3) is 22.2 Å². The van der Waals surface area contributed by atoms with Crippen molar-refractivity contribution in [1.82, 2.24) is 15.3 Å². The van der Waals surface area contributed by atoms with Crippen molar-refractivity contribution in [3.05, 3.63) is 48.7 Å². The van der Waals surface area contributed by atoms with Crippen LogP contribution in [-0.2, 0) is 0 Å². The van der Waals surface area contributed by atoms with Gasteiger partial charge in [0.1, 0.15) is 5.82 Å². The third-order valence-corrected chi connectivity index (χ3v) is 5.83. The zero-order chi connectivity index (χ0) is 20.8. The number of pyridine rings is 2. The molecule has 0 spiro atoms. The number of nitrogens with zero attached hydrogens (tertiary/aromatic N) is 2. The van der Waals surface area contributed by atoms with Gasteiger partial charge in [0.2, 0.25) is 0 Å². The SMILES string of the molecule is CNCCCNc1ccc(-c2cc3ncccc3c(NC3CCC(N)CC3)n2)cc1. The van der Waals surface area contributed by atoms with Crippen LogP contribution in [0.2, 0.25) is 0 Å². The first-order valence-corrected chi connectivity index (χ1v) is 11.0. The molecule has 0 amide bonds. The molecular weight excluding hydrogens is 372 g/mol. The summed E-state index contributed by atoms with van der Waals surface area (Å²) < 4.78 is 0. The van der Waals surface area contributed by atoms with E-state index in [0.717, 1.165) is 78.9 Å². The van der Waals surface area contributed by atoms with E-state index in [9.17, 15) is 0 Å². The highest BCUT2D eigenvalue weighted by Crippen LogP contribution is 2.29. The average Bonchev–Trinajstić information content (AvgIpc) is 2.78. The molecule has 1 aromatic carbocycles. The van der Waals surface area contributed by atoms with Crippen LogP contribution in [0, 0.1) is 0 Å². The van der Waals surface area contributed by atoms with E-state index in [1.807, 2.05) is 19.3 Å². The Morgan fingerprint density at radius 1 is 1.03 bits per heavy atom. The highest BCUT2D eigenvalue weighted by molar-refractivity contribution is 5.92. The Morgan fingerprint density at radius 3 is 2.60 bits per heavy atom. The quantitative estimate of drug-likeness (QED) is 0.425. The van der Waals surface area contributed by atoms with Gasteiger partial charge in [-0.15, -0.1) is 0 Å². The average molecular weight is 405 g/mol. The molecule has 2 aromatic heterocycles. The Morgan fingerprint density at radius 2 is 1.83 bits per heavy atom. The third kappa shape index (κ3) is 5.07. The first kappa shape index (κ1) is 20.6. The summed E-state index contributed by atoms with van der Waals surface area (Å²) in [6, 6.07) is 15.4. The normalized spacial score (nSPS) is 19.0. The maximum atomic E-state index is 6.08. The Labute approximate surface area is 178 Å². The zero-order valence-corrected chi connectivity index (χ0v) is 17.7. The largest absolute Gasteiger partial charge is 0.385 e. The van der Waals surface area contributed by atoms with Crippen LogP contribution in [-0.4, -0.2) is 42.2 Å². The standard InChI is InChI=1S/C24H32N6/c1-26-13-3-15-27-19-9-5-17(6-10-19)22-16-23-21(4-2-14-28-23)24(30-22)29-20-11-7-18(25)8-12-20/h2,4-6,9-10,14,16,18,20,26-27H,3,7-8,11-13,15,25H2,1H3,(H,29,30). The fourth-order valence-electron chi connectivity index (χ4n) is 4.05. The molecule has 0 radical (unpaired) electrons. The lowest BCUT2D eigenvalue weighted by Crippen LogP contribution is -2.33. The van der Waals surface area contributed by atoms with Gasteiger partial charge in [0.25, 0.3) is 0 Å². The molecule has 0 bridgehead atoms. The molecule has 1 aliphatic rings. The monoisotopic (exact) mass is 404 g/mol. The predicted octanol–water partition coefficient (Wildman–Crippen LogP) is 4.00. The minimum Gasteiger partial charge on any atom is -0.385 e. The maximum absolute atomic E-state index is 6.08. The molecule has 0 saturated heterocycles. The van der Waals surface area contributed by atoms with Gasteiger partial charge in [-0.3, -0.25) is 4.98 Å². The number of fused-ring (bicyclic) bond motifs is 1. The zero-order valence-electron chi connectivity index (χ0n) is 17.7. The smallest absolute Gasteiger partial charge is 0.136 e. The van der Waals surface area contributed by atoms with E-state index in [0.29, 0.717) is 12.1 Å². The Hall–Kier alpha value is -2.70. The second-order valence-corrected chi connectivity index (χ2v) is 8.14. The third-order valence-electron chi connectivity index (χ3n) is 5.83. The van der Waals surface area contributed by atoms with Gasteiger partial charge in [-0.1, -0.05) is 12.1 Å². The lowest BCUT2D eigenvalue weighted by atomic mass is 9.92. The highest BCUT2D eigenvalue weighted by atomic mass is 15.0. The second-order valence-electron chi connectivity index (χ2n) is 8.14. The molecule has 1 aliphatic carbocycles. The number of aromatic nitrogens is 2. The van der Waals surface area contributed by atoms with Crippen LogP contribution < -0.4 is 21.7 Å². The fourth-order valence-corrected chi connectivity index (χ4v) is 4.05. The molecule has 158 valence electrons. The van der Waals surface area contributed by atoms with Gasteiger partial charge >= 0.3 is 0 Å². The number of hydrogen-bond donors (Lipinski definition) is 4. The van der Waals surface area contributed by atoms with Crippen molar-refractivity contribution < 1.29 is 0 Å². The molecule has 6 heteroatoms. The van der Waals surface area contributed by atoms with Crippen molar-refractivity contribution in [2.75, 3.05) is 30.8 Å². The summed E-state index contributed by atoms with van der Waals surface area (Å²) in [7, 11) is 1.98. The number of nitrogens with one attached hydrogen (secondary N) is 3.